The van der Waals surface area contributed by atoms with Gasteiger partial charge in [-0.25, -0.2) is 4.79 Å². The van der Waals surface area contributed by atoms with Gasteiger partial charge in [0.05, 0.1) is 0 Å². The number of aryl methyl sites for hydroxylation is 2. The molecule has 1 aliphatic rings. The van der Waals surface area contributed by atoms with E-state index in [0.717, 1.165) is 28.0 Å². The Labute approximate surface area is 123 Å². The minimum Gasteiger partial charge on any atom is -0.424 e. The quantitative estimate of drug-likeness (QED) is 0.619. The molecule has 3 heteroatoms. The van der Waals surface area contributed by atoms with Gasteiger partial charge in [-0.1, -0.05) is 42.0 Å². The summed E-state index contributed by atoms with van der Waals surface area (Å²) in [7, 11) is 0. The lowest BCUT2D eigenvalue weighted by Crippen LogP contribution is -2.31. The number of benzene rings is 2. The lowest BCUT2D eigenvalue weighted by Gasteiger charge is -2.24. The fraction of sp³-hybridized carbons (Fsp3) is 0.235. The second kappa shape index (κ2) is 4.67. The van der Waals surface area contributed by atoms with Gasteiger partial charge >= 0.3 is 5.97 Å². The molecule has 0 spiro atoms. The third-order valence-corrected chi connectivity index (χ3v) is 5.00. The first-order chi connectivity index (χ1) is 9.59. The van der Waals surface area contributed by atoms with Crippen LogP contribution in [0.3, 0.4) is 0 Å². The molecule has 0 amide bonds. The Morgan fingerprint density at radius 2 is 1.80 bits per heavy atom. The van der Waals surface area contributed by atoms with Crippen molar-refractivity contribution in [1.29, 1.82) is 0 Å². The largest absolute Gasteiger partial charge is 0.424 e. The van der Waals surface area contributed by atoms with Gasteiger partial charge in [-0.05, 0) is 37.3 Å². The van der Waals surface area contributed by atoms with Gasteiger partial charge in [0, 0.05) is 5.56 Å². The van der Waals surface area contributed by atoms with Crippen LogP contribution in [-0.4, -0.2) is 12.2 Å². The molecular weight excluding hydrogens is 268 g/mol. The van der Waals surface area contributed by atoms with E-state index in [0.29, 0.717) is 0 Å². The summed E-state index contributed by atoms with van der Waals surface area (Å²) >= 11 is 1.53. The molecule has 1 heterocycles. The molecule has 2 aromatic carbocycles. The number of rotatable bonds is 2. The molecule has 0 radical (unpaired) electrons. The molecule has 0 aromatic heterocycles. The van der Waals surface area contributed by atoms with Crippen LogP contribution in [0, 0.1) is 13.8 Å². The van der Waals surface area contributed by atoms with E-state index in [1.165, 1.54) is 11.8 Å². The van der Waals surface area contributed by atoms with E-state index >= 15 is 0 Å². The van der Waals surface area contributed by atoms with Crippen LogP contribution in [-0.2, 0) is 9.54 Å². The molecule has 0 bridgehead atoms. The van der Waals surface area contributed by atoms with Gasteiger partial charge in [0.2, 0.25) is 0 Å². The molecule has 3 rings (SSSR count). The maximum atomic E-state index is 12.6. The molecule has 0 fully saturated rings. The topological polar surface area (TPSA) is 26.3 Å². The van der Waals surface area contributed by atoms with E-state index in [1.807, 2.05) is 56.5 Å². The monoisotopic (exact) mass is 284 g/mol. The Hall–Kier alpha value is -1.74. The first-order valence-electron chi connectivity index (χ1n) is 6.54. The predicted molar refractivity (Wildman–Crippen MR) is 82.3 cm³/mol. The van der Waals surface area contributed by atoms with Gasteiger partial charge in [0.15, 0.2) is 4.75 Å². The standard InChI is InChI=1S/C17H16O2S/c1-11-9-12(2)15-14(10-11)17(20-3,16(18)19-15)13-7-5-4-6-8-13/h4-10H,1-3H3. The fourth-order valence-electron chi connectivity index (χ4n) is 2.88. The zero-order valence-electron chi connectivity index (χ0n) is 11.8. The molecule has 0 aliphatic carbocycles. The number of ether oxygens (including phenoxy) is 1. The first-order valence-corrected chi connectivity index (χ1v) is 7.76. The molecule has 102 valence electrons. The highest BCUT2D eigenvalue weighted by atomic mass is 32.2. The Bertz CT molecular complexity index is 679. The number of esters is 1. The number of hydrogen-bond donors (Lipinski definition) is 0. The summed E-state index contributed by atoms with van der Waals surface area (Å²) in [6.07, 6.45) is 1.96. The van der Waals surface area contributed by atoms with Crippen LogP contribution in [0.2, 0.25) is 0 Å². The molecule has 1 aliphatic heterocycles. The van der Waals surface area contributed by atoms with E-state index in [1.54, 1.807) is 0 Å². The van der Waals surface area contributed by atoms with Crippen LogP contribution in [0.25, 0.3) is 0 Å². The fourth-order valence-corrected chi connectivity index (χ4v) is 3.83. The number of carbonyl (C=O) groups is 1. The van der Waals surface area contributed by atoms with Crippen LogP contribution < -0.4 is 4.74 Å². The molecular formula is C17H16O2S. The Morgan fingerprint density at radius 1 is 1.10 bits per heavy atom. The summed E-state index contributed by atoms with van der Waals surface area (Å²) in [5.74, 6) is 0.527. The maximum Gasteiger partial charge on any atom is 0.336 e. The van der Waals surface area contributed by atoms with E-state index in [2.05, 4.69) is 6.07 Å². The van der Waals surface area contributed by atoms with Gasteiger partial charge < -0.3 is 4.74 Å². The van der Waals surface area contributed by atoms with E-state index in [9.17, 15) is 4.79 Å². The molecule has 2 aromatic rings. The molecule has 0 saturated heterocycles. The second-order valence-corrected chi connectivity index (χ2v) is 6.12. The first kappa shape index (κ1) is 13.3. The summed E-state index contributed by atoms with van der Waals surface area (Å²) in [5, 5.41) is 0. The van der Waals surface area contributed by atoms with Crippen molar-refractivity contribution in [3.63, 3.8) is 0 Å². The summed E-state index contributed by atoms with van der Waals surface area (Å²) in [4.78, 5) is 12.6. The lowest BCUT2D eigenvalue weighted by molar-refractivity contribution is -0.134. The number of fused-ring (bicyclic) bond motifs is 1. The van der Waals surface area contributed by atoms with Gasteiger partial charge in [0.1, 0.15) is 5.75 Å². The summed E-state index contributed by atoms with van der Waals surface area (Å²) in [5.41, 5.74) is 4.11. The third kappa shape index (κ3) is 1.70. The second-order valence-electron chi connectivity index (χ2n) is 5.10. The van der Waals surface area contributed by atoms with Crippen molar-refractivity contribution in [3.05, 3.63) is 64.7 Å². The molecule has 0 saturated carbocycles. The predicted octanol–water partition coefficient (Wildman–Crippen LogP) is 3.83. The minimum absolute atomic E-state index is 0.195. The zero-order valence-corrected chi connectivity index (χ0v) is 12.6. The lowest BCUT2D eigenvalue weighted by atomic mass is 9.89. The Morgan fingerprint density at radius 3 is 2.45 bits per heavy atom. The van der Waals surface area contributed by atoms with Crippen LogP contribution >= 0.6 is 11.8 Å². The highest BCUT2D eigenvalue weighted by molar-refractivity contribution is 8.00. The van der Waals surface area contributed by atoms with Gasteiger partial charge in [-0.3, -0.25) is 0 Å². The summed E-state index contributed by atoms with van der Waals surface area (Å²) in [6, 6.07) is 14.0. The highest BCUT2D eigenvalue weighted by Crippen LogP contribution is 2.52. The molecule has 0 N–H and O–H groups in total. The van der Waals surface area contributed by atoms with Crippen molar-refractivity contribution in [1.82, 2.24) is 0 Å². The van der Waals surface area contributed by atoms with Crippen LogP contribution in [0.1, 0.15) is 22.3 Å². The molecule has 2 nitrogen and oxygen atoms in total. The molecule has 1 atom stereocenters. The zero-order chi connectivity index (χ0) is 14.3. The SMILES string of the molecule is CSC1(c2ccccc2)C(=O)Oc2c(C)cc(C)cc21. The van der Waals surface area contributed by atoms with Crippen molar-refractivity contribution >= 4 is 17.7 Å². The number of thioether (sulfide) groups is 1. The van der Waals surface area contributed by atoms with E-state index in [-0.39, 0.29) is 5.97 Å². The van der Waals surface area contributed by atoms with Crippen LogP contribution in [0.15, 0.2) is 42.5 Å². The maximum absolute atomic E-state index is 12.6. The van der Waals surface area contributed by atoms with Crippen molar-refractivity contribution in [3.8, 4) is 5.75 Å². The summed E-state index contributed by atoms with van der Waals surface area (Å²) < 4.78 is 4.85. The smallest absolute Gasteiger partial charge is 0.336 e. The van der Waals surface area contributed by atoms with Gasteiger partial charge in [-0.15, -0.1) is 11.8 Å². The van der Waals surface area contributed by atoms with Crippen molar-refractivity contribution in [2.24, 2.45) is 0 Å². The Balaban J connectivity index is 2.32. The molecule has 1 unspecified atom stereocenters. The van der Waals surface area contributed by atoms with E-state index in [4.69, 9.17) is 4.74 Å². The Kier molecular flexibility index (Phi) is 3.09. The average molecular weight is 284 g/mol. The normalized spacial score (nSPS) is 20.6. The van der Waals surface area contributed by atoms with Crippen molar-refractivity contribution in [2.75, 3.05) is 6.26 Å². The van der Waals surface area contributed by atoms with Gasteiger partial charge in [0.25, 0.3) is 0 Å². The van der Waals surface area contributed by atoms with Crippen molar-refractivity contribution < 1.29 is 9.53 Å². The highest BCUT2D eigenvalue weighted by Gasteiger charge is 2.50. The number of carbonyl (C=O) groups excluding carboxylic acids is 1. The van der Waals surface area contributed by atoms with Crippen LogP contribution in [0.5, 0.6) is 5.75 Å². The van der Waals surface area contributed by atoms with Gasteiger partial charge in [-0.2, -0.15) is 0 Å². The minimum atomic E-state index is -0.743. The summed E-state index contributed by atoms with van der Waals surface area (Å²) in [6.45, 7) is 4.03. The van der Waals surface area contributed by atoms with E-state index < -0.39 is 4.75 Å². The molecule has 20 heavy (non-hydrogen) atoms. The van der Waals surface area contributed by atoms with Crippen LogP contribution in [0.4, 0.5) is 0 Å². The average Bonchev–Trinajstić information content (AvgIpc) is 2.73. The third-order valence-electron chi connectivity index (χ3n) is 3.77. The number of hydrogen-bond acceptors (Lipinski definition) is 3. The van der Waals surface area contributed by atoms with Crippen molar-refractivity contribution in [2.45, 2.75) is 18.6 Å².